The van der Waals surface area contributed by atoms with E-state index in [1.807, 2.05) is 12.1 Å². The van der Waals surface area contributed by atoms with E-state index in [0.717, 1.165) is 25.1 Å². The second-order valence-corrected chi connectivity index (χ2v) is 4.84. The summed E-state index contributed by atoms with van der Waals surface area (Å²) in [5.74, 6) is -1.07. The Kier molecular flexibility index (Phi) is 5.28. The van der Waals surface area contributed by atoms with Gasteiger partial charge in [-0.25, -0.2) is 8.78 Å². The van der Waals surface area contributed by atoms with Crippen molar-refractivity contribution in [2.75, 3.05) is 13.7 Å². The van der Waals surface area contributed by atoms with Gasteiger partial charge in [0.15, 0.2) is 0 Å². The minimum absolute atomic E-state index is 0.0242. The van der Waals surface area contributed by atoms with Crippen LogP contribution >= 0.6 is 0 Å². The number of rotatable bonds is 6. The van der Waals surface area contributed by atoms with Gasteiger partial charge in [0.25, 0.3) is 0 Å². The number of methoxy groups -OCH3 is 1. The van der Waals surface area contributed by atoms with Crippen molar-refractivity contribution in [1.29, 1.82) is 0 Å². The first-order valence-corrected chi connectivity index (χ1v) is 6.98. The summed E-state index contributed by atoms with van der Waals surface area (Å²) in [6.07, 6.45) is 1.07. The van der Waals surface area contributed by atoms with Crippen LogP contribution in [0.4, 0.5) is 8.78 Å². The SMILES string of the molecule is CCCNCc1ccc(-c2c(F)cc(OC)cc2F)cc1. The first-order chi connectivity index (χ1) is 10.2. The normalized spacial score (nSPS) is 10.7. The van der Waals surface area contributed by atoms with E-state index in [0.29, 0.717) is 5.56 Å². The van der Waals surface area contributed by atoms with Crippen LogP contribution in [-0.4, -0.2) is 13.7 Å². The van der Waals surface area contributed by atoms with E-state index in [1.165, 1.54) is 19.2 Å². The Balaban J connectivity index is 2.22. The molecule has 2 aromatic carbocycles. The molecule has 0 unspecified atom stereocenters. The van der Waals surface area contributed by atoms with E-state index in [-0.39, 0.29) is 11.3 Å². The van der Waals surface area contributed by atoms with Crippen molar-refractivity contribution in [2.45, 2.75) is 19.9 Å². The molecule has 0 aromatic heterocycles. The summed E-state index contributed by atoms with van der Waals surface area (Å²) >= 11 is 0. The Labute approximate surface area is 123 Å². The highest BCUT2D eigenvalue weighted by Crippen LogP contribution is 2.29. The molecule has 0 aliphatic rings. The van der Waals surface area contributed by atoms with Crippen molar-refractivity contribution in [2.24, 2.45) is 0 Å². The topological polar surface area (TPSA) is 21.3 Å². The average Bonchev–Trinajstić information content (AvgIpc) is 2.48. The van der Waals surface area contributed by atoms with Gasteiger partial charge < -0.3 is 10.1 Å². The lowest BCUT2D eigenvalue weighted by atomic mass is 10.0. The van der Waals surface area contributed by atoms with Gasteiger partial charge in [-0.1, -0.05) is 31.2 Å². The predicted molar refractivity (Wildman–Crippen MR) is 80.3 cm³/mol. The van der Waals surface area contributed by atoms with Crippen LogP contribution in [-0.2, 0) is 6.54 Å². The monoisotopic (exact) mass is 291 g/mol. The van der Waals surface area contributed by atoms with Gasteiger partial charge in [-0.05, 0) is 24.1 Å². The molecule has 0 spiro atoms. The first kappa shape index (κ1) is 15.4. The van der Waals surface area contributed by atoms with E-state index < -0.39 is 11.6 Å². The molecular formula is C17H19F2NO. The van der Waals surface area contributed by atoms with Gasteiger partial charge in [0.05, 0.1) is 12.7 Å². The fraction of sp³-hybridized carbons (Fsp3) is 0.294. The largest absolute Gasteiger partial charge is 0.497 e. The summed E-state index contributed by atoms with van der Waals surface area (Å²) in [7, 11) is 1.38. The highest BCUT2D eigenvalue weighted by Gasteiger charge is 2.13. The van der Waals surface area contributed by atoms with Crippen molar-refractivity contribution >= 4 is 0 Å². The average molecular weight is 291 g/mol. The summed E-state index contributed by atoms with van der Waals surface area (Å²) < 4.78 is 32.9. The highest BCUT2D eigenvalue weighted by atomic mass is 19.1. The minimum Gasteiger partial charge on any atom is -0.497 e. The number of hydrogen-bond donors (Lipinski definition) is 1. The molecule has 0 aliphatic carbocycles. The molecule has 0 heterocycles. The predicted octanol–water partition coefficient (Wildman–Crippen LogP) is 4.14. The molecule has 0 aliphatic heterocycles. The van der Waals surface area contributed by atoms with Gasteiger partial charge in [0.1, 0.15) is 17.4 Å². The second-order valence-electron chi connectivity index (χ2n) is 4.84. The molecule has 2 aromatic rings. The zero-order valence-corrected chi connectivity index (χ0v) is 12.2. The van der Waals surface area contributed by atoms with Crippen molar-refractivity contribution < 1.29 is 13.5 Å². The molecular weight excluding hydrogens is 272 g/mol. The van der Waals surface area contributed by atoms with Crippen LogP contribution in [0.25, 0.3) is 11.1 Å². The van der Waals surface area contributed by atoms with Gasteiger partial charge in [0, 0.05) is 18.7 Å². The third-order valence-electron chi connectivity index (χ3n) is 3.25. The summed E-state index contributed by atoms with van der Waals surface area (Å²) in [6, 6.07) is 9.60. The minimum atomic E-state index is -0.622. The molecule has 112 valence electrons. The molecule has 2 rings (SSSR count). The van der Waals surface area contributed by atoms with Crippen LogP contribution < -0.4 is 10.1 Å². The fourth-order valence-corrected chi connectivity index (χ4v) is 2.14. The Hall–Kier alpha value is -1.94. The lowest BCUT2D eigenvalue weighted by Gasteiger charge is -2.09. The maximum absolute atomic E-state index is 14.0. The molecule has 0 saturated heterocycles. The number of halogens is 2. The van der Waals surface area contributed by atoms with E-state index in [4.69, 9.17) is 4.74 Å². The zero-order valence-electron chi connectivity index (χ0n) is 12.2. The van der Waals surface area contributed by atoms with Gasteiger partial charge in [-0.3, -0.25) is 0 Å². The van der Waals surface area contributed by atoms with Gasteiger partial charge >= 0.3 is 0 Å². The third kappa shape index (κ3) is 3.79. The molecule has 2 nitrogen and oxygen atoms in total. The van der Waals surface area contributed by atoms with Crippen molar-refractivity contribution in [3.05, 3.63) is 53.6 Å². The molecule has 21 heavy (non-hydrogen) atoms. The van der Waals surface area contributed by atoms with Gasteiger partial charge in [0.2, 0.25) is 0 Å². The maximum Gasteiger partial charge on any atom is 0.137 e. The Morgan fingerprint density at radius 1 is 1.05 bits per heavy atom. The number of benzene rings is 2. The smallest absolute Gasteiger partial charge is 0.137 e. The van der Waals surface area contributed by atoms with E-state index in [9.17, 15) is 8.78 Å². The summed E-state index contributed by atoms with van der Waals surface area (Å²) in [5.41, 5.74) is 1.58. The zero-order chi connectivity index (χ0) is 15.2. The molecule has 0 fully saturated rings. The number of nitrogens with one attached hydrogen (secondary N) is 1. The highest BCUT2D eigenvalue weighted by molar-refractivity contribution is 5.66. The van der Waals surface area contributed by atoms with Crippen molar-refractivity contribution in [3.63, 3.8) is 0 Å². The third-order valence-corrected chi connectivity index (χ3v) is 3.25. The van der Waals surface area contributed by atoms with Gasteiger partial charge in [-0.15, -0.1) is 0 Å². The summed E-state index contributed by atoms with van der Waals surface area (Å²) in [5, 5.41) is 3.28. The number of hydrogen-bond acceptors (Lipinski definition) is 2. The van der Waals surface area contributed by atoms with E-state index in [1.54, 1.807) is 12.1 Å². The summed E-state index contributed by atoms with van der Waals surface area (Å²) in [6.45, 7) is 3.80. The Morgan fingerprint density at radius 3 is 2.19 bits per heavy atom. The van der Waals surface area contributed by atoms with E-state index >= 15 is 0 Å². The van der Waals surface area contributed by atoms with Crippen molar-refractivity contribution in [3.8, 4) is 16.9 Å². The van der Waals surface area contributed by atoms with Crippen LogP contribution in [0.2, 0.25) is 0 Å². The Morgan fingerprint density at radius 2 is 1.67 bits per heavy atom. The molecule has 0 radical (unpaired) electrons. The van der Waals surface area contributed by atoms with Crippen LogP contribution in [0.15, 0.2) is 36.4 Å². The molecule has 1 N–H and O–H groups in total. The van der Waals surface area contributed by atoms with Crippen LogP contribution in [0.1, 0.15) is 18.9 Å². The molecule has 0 bridgehead atoms. The van der Waals surface area contributed by atoms with E-state index in [2.05, 4.69) is 12.2 Å². The van der Waals surface area contributed by atoms with Crippen LogP contribution in [0.5, 0.6) is 5.75 Å². The molecule has 0 amide bonds. The lowest BCUT2D eigenvalue weighted by molar-refractivity contribution is 0.407. The molecule has 0 atom stereocenters. The van der Waals surface area contributed by atoms with Crippen molar-refractivity contribution in [1.82, 2.24) is 5.32 Å². The van der Waals surface area contributed by atoms with Crippen LogP contribution in [0.3, 0.4) is 0 Å². The molecule has 0 saturated carbocycles. The number of ether oxygens (including phenoxy) is 1. The quantitative estimate of drug-likeness (QED) is 0.808. The van der Waals surface area contributed by atoms with Gasteiger partial charge in [-0.2, -0.15) is 0 Å². The van der Waals surface area contributed by atoms with Crippen LogP contribution in [0, 0.1) is 11.6 Å². The maximum atomic E-state index is 14.0. The first-order valence-electron chi connectivity index (χ1n) is 6.98. The lowest BCUT2D eigenvalue weighted by Crippen LogP contribution is -2.13. The standard InChI is InChI=1S/C17H19F2NO/c1-3-8-20-11-12-4-6-13(7-5-12)17-15(18)9-14(21-2)10-16(17)19/h4-7,9-10,20H,3,8,11H2,1-2H3. The fourth-order valence-electron chi connectivity index (χ4n) is 2.14. The molecule has 4 heteroatoms. The summed E-state index contributed by atoms with van der Waals surface area (Å²) in [4.78, 5) is 0. The second kappa shape index (κ2) is 7.18. The Bertz CT molecular complexity index is 573.